The Hall–Kier alpha value is -4.26. The van der Waals surface area contributed by atoms with Crippen LogP contribution in [0.3, 0.4) is 0 Å². The Balaban J connectivity index is 1.03. The lowest BCUT2D eigenvalue weighted by molar-refractivity contribution is 0.0721. The summed E-state index contributed by atoms with van der Waals surface area (Å²) in [6.07, 6.45) is 10.6. The number of amides is 1. The number of rotatable bonds is 9. The van der Waals surface area contributed by atoms with E-state index >= 15 is 0 Å². The molecule has 0 atom stereocenters. The SMILES string of the molecule is N#Cc1ccccc1CN1CCC2(CC1)CCN(Cc1ccc(C(=O)N(Cc3ncc[nH]3)Cc3ncc[nH]3)cc1)C2. The number of carbonyl (C=O) groups is 1. The third-order valence-electron chi connectivity index (χ3n) is 8.65. The molecule has 2 aromatic heterocycles. The lowest BCUT2D eigenvalue weighted by Crippen LogP contribution is -2.41. The zero-order valence-corrected chi connectivity index (χ0v) is 23.3. The van der Waals surface area contributed by atoms with Gasteiger partial charge in [-0.1, -0.05) is 30.3 Å². The van der Waals surface area contributed by atoms with Crippen LogP contribution in [0, 0.1) is 16.7 Å². The summed E-state index contributed by atoms with van der Waals surface area (Å²) in [6, 6.07) is 18.3. The topological polar surface area (TPSA) is 108 Å². The fourth-order valence-corrected chi connectivity index (χ4v) is 6.29. The van der Waals surface area contributed by atoms with Crippen LogP contribution in [-0.4, -0.2) is 66.7 Å². The second kappa shape index (κ2) is 12.1. The molecule has 4 heterocycles. The number of nitrogens with one attached hydrogen (secondary N) is 2. The minimum Gasteiger partial charge on any atom is -0.347 e. The van der Waals surface area contributed by atoms with E-state index in [0.717, 1.165) is 62.0 Å². The number of aromatic amines is 2. The number of imidazole rings is 2. The zero-order valence-electron chi connectivity index (χ0n) is 23.3. The number of nitriles is 1. The van der Waals surface area contributed by atoms with Crippen LogP contribution in [0.1, 0.15) is 58.0 Å². The van der Waals surface area contributed by atoms with Gasteiger partial charge in [0.05, 0.1) is 24.7 Å². The van der Waals surface area contributed by atoms with Gasteiger partial charge in [-0.25, -0.2) is 9.97 Å². The summed E-state index contributed by atoms with van der Waals surface area (Å²) in [5.74, 6) is 1.43. The number of piperidine rings is 1. The molecule has 9 heteroatoms. The molecule has 2 aromatic carbocycles. The highest BCUT2D eigenvalue weighted by Gasteiger charge is 2.40. The Labute approximate surface area is 240 Å². The van der Waals surface area contributed by atoms with Gasteiger partial charge in [-0.05, 0) is 73.6 Å². The van der Waals surface area contributed by atoms with Gasteiger partial charge in [-0.3, -0.25) is 14.6 Å². The molecule has 0 saturated carbocycles. The highest BCUT2D eigenvalue weighted by atomic mass is 16.2. The van der Waals surface area contributed by atoms with Crippen molar-refractivity contribution in [3.05, 3.63) is 107 Å². The van der Waals surface area contributed by atoms with Crippen LogP contribution in [0.2, 0.25) is 0 Å². The van der Waals surface area contributed by atoms with Gasteiger partial charge in [0.15, 0.2) is 0 Å². The largest absolute Gasteiger partial charge is 0.347 e. The summed E-state index contributed by atoms with van der Waals surface area (Å²) >= 11 is 0. The minimum atomic E-state index is -0.0476. The summed E-state index contributed by atoms with van der Waals surface area (Å²) < 4.78 is 0. The normalized spacial score (nSPS) is 17.0. The highest BCUT2D eigenvalue weighted by Crippen LogP contribution is 2.41. The molecule has 0 bridgehead atoms. The Kier molecular flexibility index (Phi) is 7.94. The van der Waals surface area contributed by atoms with Crippen molar-refractivity contribution in [1.82, 2.24) is 34.6 Å². The number of nitrogens with zero attached hydrogens (tertiary/aromatic N) is 6. The van der Waals surface area contributed by atoms with Crippen LogP contribution in [0.4, 0.5) is 0 Å². The second-order valence-electron chi connectivity index (χ2n) is 11.4. The van der Waals surface area contributed by atoms with E-state index in [1.807, 2.05) is 30.3 Å². The standard InChI is InChI=1S/C32H36N8O/c33-19-27-3-1-2-4-28(27)21-38-16-9-32(10-17-38)11-18-39(24-32)20-25-5-7-26(8-6-25)31(41)40(22-29-34-12-13-35-29)23-30-36-14-15-37-30/h1-8,12-15H,9-11,16-18,20-24H2,(H,34,35)(H,36,37). The number of carbonyl (C=O) groups excluding carboxylic acids is 1. The van der Waals surface area contributed by atoms with Crippen LogP contribution in [-0.2, 0) is 26.2 Å². The van der Waals surface area contributed by atoms with Crippen molar-refractivity contribution >= 4 is 5.91 Å². The van der Waals surface area contributed by atoms with Crippen LogP contribution in [0.25, 0.3) is 0 Å². The minimum absolute atomic E-state index is 0.0476. The Morgan fingerprint density at radius 3 is 2.12 bits per heavy atom. The number of aromatic nitrogens is 4. The van der Waals surface area contributed by atoms with E-state index in [0.29, 0.717) is 24.1 Å². The molecule has 2 aliphatic rings. The molecule has 1 spiro atoms. The van der Waals surface area contributed by atoms with E-state index < -0.39 is 0 Å². The molecule has 4 aromatic rings. The van der Waals surface area contributed by atoms with Crippen molar-refractivity contribution in [3.8, 4) is 6.07 Å². The van der Waals surface area contributed by atoms with Gasteiger partial charge in [0, 0.05) is 50.0 Å². The zero-order chi connectivity index (χ0) is 28.1. The van der Waals surface area contributed by atoms with Crippen molar-refractivity contribution in [2.45, 2.75) is 45.4 Å². The number of likely N-dealkylation sites (tertiary alicyclic amines) is 2. The summed E-state index contributed by atoms with van der Waals surface area (Å²) in [6.45, 7) is 6.91. The predicted molar refractivity (Wildman–Crippen MR) is 155 cm³/mol. The number of hydrogen-bond donors (Lipinski definition) is 2. The average molecular weight is 549 g/mol. The molecule has 1 amide bonds. The molecule has 41 heavy (non-hydrogen) atoms. The first-order chi connectivity index (χ1) is 20.1. The Bertz CT molecular complexity index is 1430. The highest BCUT2D eigenvalue weighted by molar-refractivity contribution is 5.94. The second-order valence-corrected chi connectivity index (χ2v) is 11.4. The molecule has 2 aliphatic heterocycles. The fraction of sp³-hybridized carbons (Fsp3) is 0.375. The molecular weight excluding hydrogens is 512 g/mol. The van der Waals surface area contributed by atoms with Gasteiger partial charge in [0.25, 0.3) is 5.91 Å². The molecule has 0 radical (unpaired) electrons. The van der Waals surface area contributed by atoms with Crippen LogP contribution < -0.4 is 0 Å². The molecule has 2 N–H and O–H groups in total. The maximum Gasteiger partial charge on any atom is 0.254 e. The number of benzene rings is 2. The smallest absolute Gasteiger partial charge is 0.254 e. The van der Waals surface area contributed by atoms with Crippen LogP contribution in [0.5, 0.6) is 0 Å². The molecule has 2 saturated heterocycles. The van der Waals surface area contributed by atoms with Gasteiger partial charge in [-0.15, -0.1) is 0 Å². The monoisotopic (exact) mass is 548 g/mol. The van der Waals surface area contributed by atoms with E-state index in [9.17, 15) is 10.1 Å². The maximum atomic E-state index is 13.4. The van der Waals surface area contributed by atoms with E-state index in [2.05, 4.69) is 54.0 Å². The molecular formula is C32H36N8O. The van der Waals surface area contributed by atoms with Gasteiger partial charge >= 0.3 is 0 Å². The summed E-state index contributed by atoms with van der Waals surface area (Å²) in [7, 11) is 0. The Morgan fingerprint density at radius 1 is 0.878 bits per heavy atom. The third-order valence-corrected chi connectivity index (χ3v) is 8.65. The van der Waals surface area contributed by atoms with Crippen molar-refractivity contribution in [1.29, 1.82) is 5.26 Å². The Morgan fingerprint density at radius 2 is 1.51 bits per heavy atom. The summed E-state index contributed by atoms with van der Waals surface area (Å²) in [4.78, 5) is 35.0. The molecule has 9 nitrogen and oxygen atoms in total. The van der Waals surface area contributed by atoms with Gasteiger partial charge in [0.1, 0.15) is 11.6 Å². The quantitative estimate of drug-likeness (QED) is 0.322. The lowest BCUT2D eigenvalue weighted by Gasteiger charge is -2.39. The summed E-state index contributed by atoms with van der Waals surface area (Å²) in [5.41, 5.74) is 4.20. The van der Waals surface area contributed by atoms with Crippen molar-refractivity contribution < 1.29 is 4.79 Å². The van der Waals surface area contributed by atoms with Gasteiger partial charge in [-0.2, -0.15) is 5.26 Å². The predicted octanol–water partition coefficient (Wildman–Crippen LogP) is 4.34. The van der Waals surface area contributed by atoms with Crippen LogP contribution in [0.15, 0.2) is 73.3 Å². The van der Waals surface area contributed by atoms with Gasteiger partial charge in [0.2, 0.25) is 0 Å². The van der Waals surface area contributed by atoms with Crippen molar-refractivity contribution in [2.75, 3.05) is 26.2 Å². The molecule has 0 unspecified atom stereocenters. The maximum absolute atomic E-state index is 13.4. The van der Waals surface area contributed by atoms with E-state index in [4.69, 9.17) is 0 Å². The van der Waals surface area contributed by atoms with Crippen LogP contribution >= 0.6 is 0 Å². The summed E-state index contributed by atoms with van der Waals surface area (Å²) in [5, 5.41) is 9.43. The molecule has 210 valence electrons. The molecule has 0 aliphatic carbocycles. The lowest BCUT2D eigenvalue weighted by atomic mass is 9.77. The molecule has 6 rings (SSSR count). The van der Waals surface area contributed by atoms with E-state index in [1.165, 1.54) is 24.8 Å². The fourth-order valence-electron chi connectivity index (χ4n) is 6.29. The van der Waals surface area contributed by atoms with E-state index in [1.54, 1.807) is 29.7 Å². The van der Waals surface area contributed by atoms with Gasteiger partial charge < -0.3 is 14.9 Å². The van der Waals surface area contributed by atoms with Crippen molar-refractivity contribution in [2.24, 2.45) is 5.41 Å². The number of H-pyrrole nitrogens is 2. The third kappa shape index (κ3) is 6.40. The first-order valence-corrected chi connectivity index (χ1v) is 14.4. The first kappa shape index (κ1) is 26.9. The molecule has 2 fully saturated rings. The van der Waals surface area contributed by atoms with E-state index in [-0.39, 0.29) is 5.91 Å². The average Bonchev–Trinajstić information content (AvgIpc) is 3.79. The first-order valence-electron chi connectivity index (χ1n) is 14.4. The number of hydrogen-bond acceptors (Lipinski definition) is 6. The van der Waals surface area contributed by atoms with Crippen molar-refractivity contribution in [3.63, 3.8) is 0 Å².